The van der Waals surface area contributed by atoms with Crippen LogP contribution in [-0.4, -0.2) is 40.5 Å². The van der Waals surface area contributed by atoms with Crippen LogP contribution in [0.2, 0.25) is 0 Å². The summed E-state index contributed by atoms with van der Waals surface area (Å²) in [5.74, 6) is -0.814. The lowest BCUT2D eigenvalue weighted by Gasteiger charge is -2.27. The number of esters is 1. The van der Waals surface area contributed by atoms with Crippen LogP contribution in [0.4, 0.5) is 0 Å². The van der Waals surface area contributed by atoms with Gasteiger partial charge in [-0.15, -0.1) is 0 Å². The Hall–Kier alpha value is -1.29. The number of fused-ring (bicyclic) bond motifs is 1. The van der Waals surface area contributed by atoms with Crippen molar-refractivity contribution in [3.63, 3.8) is 0 Å². The fourth-order valence-electron chi connectivity index (χ4n) is 3.11. The molecule has 158 valence electrons. The van der Waals surface area contributed by atoms with E-state index in [1.807, 2.05) is 32.9 Å². The van der Waals surface area contributed by atoms with Crippen LogP contribution in [0.5, 0.6) is 0 Å². The van der Waals surface area contributed by atoms with E-state index in [0.717, 1.165) is 11.1 Å². The van der Waals surface area contributed by atoms with E-state index >= 15 is 0 Å². The lowest BCUT2D eigenvalue weighted by molar-refractivity contribution is 0.0590. The maximum Gasteiger partial charge on any atom is 0.362 e. The Morgan fingerprint density at radius 2 is 1.83 bits per heavy atom. The molecule has 1 aromatic carbocycles. The minimum Gasteiger partial charge on any atom is -0.464 e. The molecule has 0 aliphatic heterocycles. The van der Waals surface area contributed by atoms with Crippen LogP contribution >= 0.6 is 27.4 Å². The Labute approximate surface area is 175 Å². The molecular formula is C18H25N2O6P3. The number of carbonyl (C=O) groups is 1. The minimum atomic E-state index is -0.814. The number of ether oxygens (including phenoxy) is 1. The van der Waals surface area contributed by atoms with E-state index in [0.29, 0.717) is 17.5 Å². The predicted octanol–water partition coefficient (Wildman–Crippen LogP) is 3.22. The van der Waals surface area contributed by atoms with Gasteiger partial charge in [0.1, 0.15) is 0 Å². The number of hydrogen-bond donors (Lipinski definition) is 0. The van der Waals surface area contributed by atoms with E-state index in [1.165, 1.54) is 11.7 Å². The first kappa shape index (κ1) is 24.0. The largest absolute Gasteiger partial charge is 0.464 e. The second-order valence-electron chi connectivity index (χ2n) is 6.65. The van der Waals surface area contributed by atoms with Crippen LogP contribution in [0, 0.1) is 13.8 Å². The van der Waals surface area contributed by atoms with E-state index in [1.54, 1.807) is 0 Å². The molecule has 0 fully saturated rings. The van der Waals surface area contributed by atoms with Crippen molar-refractivity contribution in [3.05, 3.63) is 39.3 Å². The highest BCUT2D eigenvalue weighted by Crippen LogP contribution is 2.27. The quantitative estimate of drug-likeness (QED) is 0.421. The molecule has 11 heteroatoms. The topological polar surface area (TPSA) is 96.7 Å². The van der Waals surface area contributed by atoms with Crippen LogP contribution < -0.4 is 5.56 Å². The van der Waals surface area contributed by atoms with Crippen molar-refractivity contribution < 1.29 is 23.1 Å². The van der Waals surface area contributed by atoms with Crippen molar-refractivity contribution in [2.45, 2.75) is 51.6 Å². The van der Waals surface area contributed by atoms with Gasteiger partial charge in [-0.05, 0) is 43.5 Å². The van der Waals surface area contributed by atoms with Gasteiger partial charge in [0.05, 0.1) is 42.6 Å². The third kappa shape index (κ3) is 5.07. The Morgan fingerprint density at radius 1 is 1.21 bits per heavy atom. The second kappa shape index (κ2) is 10.7. The van der Waals surface area contributed by atoms with E-state index < -0.39 is 23.3 Å². The van der Waals surface area contributed by atoms with Gasteiger partial charge in [-0.1, -0.05) is 6.92 Å². The van der Waals surface area contributed by atoms with Crippen molar-refractivity contribution in [1.29, 1.82) is 0 Å². The molecule has 0 amide bonds. The fourth-order valence-corrected chi connectivity index (χ4v) is 4.71. The highest BCUT2D eigenvalue weighted by molar-refractivity contribution is 7.25. The van der Waals surface area contributed by atoms with Gasteiger partial charge in [0.25, 0.3) is 5.56 Å². The molecule has 1 heterocycles. The zero-order valence-electron chi connectivity index (χ0n) is 16.7. The molecule has 2 rings (SSSR count). The van der Waals surface area contributed by atoms with Crippen molar-refractivity contribution in [2.24, 2.45) is 0 Å². The molecule has 0 bridgehead atoms. The standard InChI is InChI=1S/C18H25N2O6P3/c1-5-13(25-27)16(29-23)14(26-28)8-20-12-7-10(3)9(2)6-11(12)19-15(17(20)21)18(22)24-4/h6-7,13-14,16H,5,8,27-28H2,1-4H3/t13-,14+,16-/m1/s1. The molecule has 2 unspecified atom stereocenters. The summed E-state index contributed by atoms with van der Waals surface area (Å²) in [7, 11) is 5.36. The van der Waals surface area contributed by atoms with Gasteiger partial charge in [0, 0.05) is 18.9 Å². The van der Waals surface area contributed by atoms with Crippen molar-refractivity contribution >= 4 is 44.4 Å². The maximum atomic E-state index is 13.1. The smallest absolute Gasteiger partial charge is 0.362 e. The van der Waals surface area contributed by atoms with Crippen LogP contribution in [0.25, 0.3) is 11.0 Å². The monoisotopic (exact) mass is 458 g/mol. The van der Waals surface area contributed by atoms with E-state index in [9.17, 15) is 14.2 Å². The molecule has 0 saturated carbocycles. The molecule has 8 nitrogen and oxygen atoms in total. The number of methoxy groups -OCH3 is 1. The maximum absolute atomic E-state index is 13.1. The lowest BCUT2D eigenvalue weighted by atomic mass is 10.1. The molecule has 2 aromatic rings. The van der Waals surface area contributed by atoms with Gasteiger partial charge in [-0.3, -0.25) is 9.36 Å². The van der Waals surface area contributed by atoms with Gasteiger partial charge >= 0.3 is 5.97 Å². The van der Waals surface area contributed by atoms with E-state index in [2.05, 4.69) is 23.9 Å². The van der Waals surface area contributed by atoms with Crippen molar-refractivity contribution in [3.8, 4) is 0 Å². The third-order valence-corrected chi connectivity index (χ3v) is 6.55. The normalized spacial score (nSPS) is 14.7. The number of carbonyl (C=O) groups excluding carboxylic acids is 1. The number of nitrogens with zero attached hydrogens (tertiary/aromatic N) is 2. The van der Waals surface area contributed by atoms with Gasteiger partial charge in [-0.2, -0.15) is 0 Å². The summed E-state index contributed by atoms with van der Waals surface area (Å²) in [5.41, 5.74) is 1.55. The summed E-state index contributed by atoms with van der Waals surface area (Å²) >= 11 is 0. The van der Waals surface area contributed by atoms with Crippen molar-refractivity contribution in [1.82, 2.24) is 9.55 Å². The summed E-state index contributed by atoms with van der Waals surface area (Å²) in [6, 6.07) is 3.65. The zero-order chi connectivity index (χ0) is 21.7. The molecule has 1 aromatic heterocycles. The minimum absolute atomic E-state index is 0.0539. The number of rotatable bonds is 9. The second-order valence-corrected chi connectivity index (χ2v) is 8.00. The van der Waals surface area contributed by atoms with Crippen molar-refractivity contribution in [2.75, 3.05) is 7.11 Å². The molecule has 0 saturated heterocycles. The van der Waals surface area contributed by atoms with Crippen LogP contribution in [0.3, 0.4) is 0 Å². The molecule has 0 spiro atoms. The molecular weight excluding hydrogens is 433 g/mol. The Morgan fingerprint density at radius 3 is 2.34 bits per heavy atom. The predicted molar refractivity (Wildman–Crippen MR) is 118 cm³/mol. The third-order valence-electron chi connectivity index (χ3n) is 4.94. The first-order chi connectivity index (χ1) is 13.8. The number of aryl methyl sites for hydroxylation is 2. The van der Waals surface area contributed by atoms with Gasteiger partial charge < -0.3 is 18.4 Å². The van der Waals surface area contributed by atoms with Gasteiger partial charge in [0.15, 0.2) is 8.46 Å². The first-order valence-electron chi connectivity index (χ1n) is 8.96. The van der Waals surface area contributed by atoms with Gasteiger partial charge in [0.2, 0.25) is 5.69 Å². The summed E-state index contributed by atoms with van der Waals surface area (Å²) < 4.78 is 28.9. The Balaban J connectivity index is 2.69. The highest BCUT2D eigenvalue weighted by Gasteiger charge is 2.31. The SMILES string of the molecule is CC[C@@H](OP)[C@@H](P=O)[C@H](Cn1c(=O)c(C(=O)OC)nc2cc(C)c(C)cc21)OP. The van der Waals surface area contributed by atoms with E-state index in [-0.39, 0.29) is 26.8 Å². The Kier molecular flexibility index (Phi) is 8.81. The Bertz CT molecular complexity index is 961. The van der Waals surface area contributed by atoms with Crippen LogP contribution in [0.1, 0.15) is 35.0 Å². The summed E-state index contributed by atoms with van der Waals surface area (Å²) in [6.45, 7) is 5.81. The average Bonchev–Trinajstić information content (AvgIpc) is 2.72. The summed E-state index contributed by atoms with van der Waals surface area (Å²) in [6.07, 6.45) is -0.399. The lowest BCUT2D eigenvalue weighted by Crippen LogP contribution is -2.40. The molecule has 0 N–H and O–H groups in total. The molecule has 29 heavy (non-hydrogen) atoms. The summed E-state index contributed by atoms with van der Waals surface area (Å²) in [4.78, 5) is 29.4. The number of benzene rings is 1. The van der Waals surface area contributed by atoms with E-state index in [4.69, 9.17) is 13.8 Å². The fraction of sp³-hybridized carbons (Fsp3) is 0.500. The zero-order valence-corrected chi connectivity index (χ0v) is 20.0. The molecule has 0 aliphatic rings. The first-order valence-corrected chi connectivity index (χ1v) is 10.8. The summed E-state index contributed by atoms with van der Waals surface area (Å²) in [5, 5.41) is 0. The van der Waals surface area contributed by atoms with Crippen LogP contribution in [-0.2, 0) is 24.9 Å². The number of aromatic nitrogens is 2. The number of hydrogen-bond acceptors (Lipinski definition) is 7. The average molecular weight is 458 g/mol. The van der Waals surface area contributed by atoms with Crippen LogP contribution in [0.15, 0.2) is 16.9 Å². The molecule has 0 radical (unpaired) electrons. The highest BCUT2D eigenvalue weighted by atomic mass is 31.1. The molecule has 5 atom stereocenters. The molecule has 0 aliphatic carbocycles. The van der Waals surface area contributed by atoms with Gasteiger partial charge in [-0.25, -0.2) is 9.78 Å².